The molecular formula is C23H42O4. The van der Waals surface area contributed by atoms with Crippen LogP contribution in [0.4, 0.5) is 0 Å². The Morgan fingerprint density at radius 3 is 2.30 bits per heavy atom. The number of aliphatic hydroxyl groups is 2. The highest BCUT2D eigenvalue weighted by Gasteiger charge is 2.55. The number of fused-ring (bicyclic) bond motifs is 1. The van der Waals surface area contributed by atoms with Crippen molar-refractivity contribution in [3.8, 4) is 0 Å². The van der Waals surface area contributed by atoms with E-state index in [1.54, 1.807) is 0 Å². The molecule has 0 aromatic carbocycles. The molecule has 3 fully saturated rings. The van der Waals surface area contributed by atoms with Crippen LogP contribution in [0.2, 0.25) is 0 Å². The lowest BCUT2D eigenvalue weighted by Crippen LogP contribution is -2.54. The summed E-state index contributed by atoms with van der Waals surface area (Å²) in [4.78, 5) is 0. The standard InChI is InChI=1S/C23H42O4/c1-5-17-16(14-22(4)26-15-27-22)8-9-19-18(17)10-11-23(12-13-24,20(19)6-2)21(25)7-3/h16-21,24-25H,5-15H2,1-4H3. The highest BCUT2D eigenvalue weighted by Crippen LogP contribution is 2.60. The maximum absolute atomic E-state index is 11.0. The number of hydrogen-bond donors (Lipinski definition) is 2. The first kappa shape index (κ1) is 21.5. The van der Waals surface area contributed by atoms with Crippen LogP contribution < -0.4 is 0 Å². The lowest BCUT2D eigenvalue weighted by molar-refractivity contribution is -0.396. The van der Waals surface area contributed by atoms with Crippen molar-refractivity contribution in [1.29, 1.82) is 0 Å². The second kappa shape index (κ2) is 8.69. The minimum absolute atomic E-state index is 0.0866. The van der Waals surface area contributed by atoms with Gasteiger partial charge < -0.3 is 19.7 Å². The van der Waals surface area contributed by atoms with Crippen molar-refractivity contribution in [2.45, 2.75) is 97.4 Å². The number of rotatable bonds is 8. The predicted octanol–water partition coefficient (Wildman–Crippen LogP) is 4.73. The zero-order valence-electron chi connectivity index (χ0n) is 18.0. The van der Waals surface area contributed by atoms with Crippen LogP contribution in [0, 0.1) is 35.0 Å². The Bertz CT molecular complexity index is 477. The molecule has 7 atom stereocenters. The predicted molar refractivity (Wildman–Crippen MR) is 107 cm³/mol. The second-order valence-corrected chi connectivity index (χ2v) is 9.67. The summed E-state index contributed by atoms with van der Waals surface area (Å²) in [6.07, 6.45) is 9.38. The first-order chi connectivity index (χ1) is 12.9. The van der Waals surface area contributed by atoms with Gasteiger partial charge in [0.05, 0.1) is 6.10 Å². The molecule has 27 heavy (non-hydrogen) atoms. The third-order valence-electron chi connectivity index (χ3n) is 8.67. The summed E-state index contributed by atoms with van der Waals surface area (Å²) >= 11 is 0. The van der Waals surface area contributed by atoms with E-state index in [-0.39, 0.29) is 23.9 Å². The first-order valence-electron chi connectivity index (χ1n) is 11.5. The molecule has 0 bridgehead atoms. The van der Waals surface area contributed by atoms with Crippen LogP contribution in [-0.4, -0.2) is 35.5 Å². The number of ether oxygens (including phenoxy) is 2. The van der Waals surface area contributed by atoms with Gasteiger partial charge in [-0.2, -0.15) is 0 Å². The lowest BCUT2D eigenvalue weighted by Gasteiger charge is -2.58. The molecule has 1 aliphatic heterocycles. The van der Waals surface area contributed by atoms with E-state index in [9.17, 15) is 10.2 Å². The maximum atomic E-state index is 11.0. The van der Waals surface area contributed by atoms with Crippen LogP contribution in [0.5, 0.6) is 0 Å². The summed E-state index contributed by atoms with van der Waals surface area (Å²) in [5, 5.41) is 20.8. The van der Waals surface area contributed by atoms with Gasteiger partial charge in [0.25, 0.3) is 0 Å². The molecule has 0 spiro atoms. The molecule has 0 aromatic rings. The van der Waals surface area contributed by atoms with E-state index in [1.165, 1.54) is 25.7 Å². The molecule has 4 nitrogen and oxygen atoms in total. The Labute approximate surface area is 166 Å². The van der Waals surface area contributed by atoms with Crippen LogP contribution in [0.25, 0.3) is 0 Å². The minimum atomic E-state index is -0.358. The molecule has 1 saturated heterocycles. The van der Waals surface area contributed by atoms with E-state index in [2.05, 4.69) is 27.7 Å². The Balaban J connectivity index is 1.80. The molecule has 4 heteroatoms. The number of hydrogen-bond acceptors (Lipinski definition) is 4. The van der Waals surface area contributed by atoms with Gasteiger partial charge in [0.1, 0.15) is 0 Å². The van der Waals surface area contributed by atoms with Crippen molar-refractivity contribution >= 4 is 0 Å². The van der Waals surface area contributed by atoms with Crippen molar-refractivity contribution in [3.05, 3.63) is 0 Å². The summed E-state index contributed by atoms with van der Waals surface area (Å²) in [6, 6.07) is 0. The van der Waals surface area contributed by atoms with Crippen LogP contribution in [-0.2, 0) is 9.47 Å². The van der Waals surface area contributed by atoms with Gasteiger partial charge in [-0.1, -0.05) is 33.6 Å². The molecule has 2 saturated carbocycles. The van der Waals surface area contributed by atoms with Crippen LogP contribution in [0.1, 0.15) is 85.5 Å². The molecule has 2 N–H and O–H groups in total. The van der Waals surface area contributed by atoms with E-state index in [1.807, 2.05) is 0 Å². The Morgan fingerprint density at radius 1 is 1.04 bits per heavy atom. The zero-order chi connectivity index (χ0) is 19.7. The second-order valence-electron chi connectivity index (χ2n) is 9.67. The average molecular weight is 383 g/mol. The summed E-state index contributed by atoms with van der Waals surface area (Å²) in [5.74, 6) is 3.02. The number of aliphatic hydroxyl groups excluding tert-OH is 2. The fraction of sp³-hybridized carbons (Fsp3) is 1.00. The van der Waals surface area contributed by atoms with E-state index < -0.39 is 0 Å². The molecule has 2 aliphatic carbocycles. The van der Waals surface area contributed by atoms with Gasteiger partial charge in [0, 0.05) is 18.4 Å². The van der Waals surface area contributed by atoms with Gasteiger partial charge in [0.15, 0.2) is 12.6 Å². The summed E-state index contributed by atoms with van der Waals surface area (Å²) in [7, 11) is 0. The van der Waals surface area contributed by atoms with Crippen molar-refractivity contribution in [2.75, 3.05) is 13.4 Å². The lowest BCUT2D eigenvalue weighted by atomic mass is 9.48. The van der Waals surface area contributed by atoms with Gasteiger partial charge in [-0.25, -0.2) is 0 Å². The summed E-state index contributed by atoms with van der Waals surface area (Å²) in [6.45, 7) is 9.47. The molecular weight excluding hydrogens is 340 g/mol. The van der Waals surface area contributed by atoms with Gasteiger partial charge in [-0.3, -0.25) is 0 Å². The summed E-state index contributed by atoms with van der Waals surface area (Å²) in [5.41, 5.74) is -0.0866. The van der Waals surface area contributed by atoms with E-state index in [0.29, 0.717) is 24.5 Å². The van der Waals surface area contributed by atoms with Crippen LogP contribution in [0.15, 0.2) is 0 Å². The monoisotopic (exact) mass is 382 g/mol. The van der Waals surface area contributed by atoms with Gasteiger partial charge >= 0.3 is 0 Å². The highest BCUT2D eigenvalue weighted by atomic mass is 16.9. The average Bonchev–Trinajstić information content (AvgIpc) is 2.65. The van der Waals surface area contributed by atoms with Crippen LogP contribution in [0.3, 0.4) is 0 Å². The smallest absolute Gasteiger partial charge is 0.171 e. The third kappa shape index (κ3) is 3.84. The normalized spacial score (nSPS) is 42.2. The van der Waals surface area contributed by atoms with Crippen LogP contribution >= 0.6 is 0 Å². The fourth-order valence-electron chi connectivity index (χ4n) is 7.44. The maximum Gasteiger partial charge on any atom is 0.171 e. The largest absolute Gasteiger partial charge is 0.396 e. The topological polar surface area (TPSA) is 58.9 Å². The first-order valence-corrected chi connectivity index (χ1v) is 11.5. The zero-order valence-corrected chi connectivity index (χ0v) is 18.0. The molecule has 1 heterocycles. The Kier molecular flexibility index (Phi) is 6.93. The highest BCUT2D eigenvalue weighted by molar-refractivity contribution is 5.03. The molecule has 3 rings (SSSR count). The van der Waals surface area contributed by atoms with Gasteiger partial charge in [0.2, 0.25) is 0 Å². The minimum Gasteiger partial charge on any atom is -0.396 e. The molecule has 7 unspecified atom stereocenters. The molecule has 0 amide bonds. The van der Waals surface area contributed by atoms with Gasteiger partial charge in [-0.05, 0) is 75.0 Å². The molecule has 0 radical (unpaired) electrons. The molecule has 158 valence electrons. The summed E-state index contributed by atoms with van der Waals surface area (Å²) < 4.78 is 11.4. The van der Waals surface area contributed by atoms with E-state index in [0.717, 1.165) is 43.9 Å². The van der Waals surface area contributed by atoms with E-state index >= 15 is 0 Å². The Hall–Kier alpha value is -0.160. The molecule has 3 aliphatic rings. The van der Waals surface area contributed by atoms with Crippen molar-refractivity contribution < 1.29 is 19.7 Å². The quantitative estimate of drug-likeness (QED) is 0.637. The third-order valence-corrected chi connectivity index (χ3v) is 8.67. The fourth-order valence-corrected chi connectivity index (χ4v) is 7.44. The van der Waals surface area contributed by atoms with E-state index in [4.69, 9.17) is 9.47 Å². The Morgan fingerprint density at radius 2 is 1.78 bits per heavy atom. The SMILES string of the molecule is CCC1C(CC2(C)OCO2)CCC2C1CCC(CCO)(C(O)CC)C2CC. The van der Waals surface area contributed by atoms with Gasteiger partial charge in [-0.15, -0.1) is 0 Å². The van der Waals surface area contributed by atoms with Crippen molar-refractivity contribution in [3.63, 3.8) is 0 Å². The molecule has 0 aromatic heterocycles. The van der Waals surface area contributed by atoms with Crippen molar-refractivity contribution in [1.82, 2.24) is 0 Å². The van der Waals surface area contributed by atoms with Crippen molar-refractivity contribution in [2.24, 2.45) is 35.0 Å².